The molecule has 0 saturated heterocycles. The second-order valence-corrected chi connectivity index (χ2v) is 4.77. The monoisotopic (exact) mass is 275 g/mol. The van der Waals surface area contributed by atoms with Crippen LogP contribution in [0, 0.1) is 0 Å². The molecule has 0 amide bonds. The van der Waals surface area contributed by atoms with Crippen molar-refractivity contribution in [2.24, 2.45) is 0 Å². The van der Waals surface area contributed by atoms with Crippen molar-refractivity contribution in [2.75, 3.05) is 0 Å². The molecule has 0 atom stereocenters. The number of allylic oxidation sites excluding steroid dienone is 4. The molecule has 0 aromatic carbocycles. The van der Waals surface area contributed by atoms with Crippen LogP contribution in [0.25, 0.3) is 17.2 Å². The lowest BCUT2D eigenvalue weighted by molar-refractivity contribution is 0.801. The molecule has 0 saturated carbocycles. The third kappa shape index (κ3) is 2.18. The molecule has 0 fully saturated rings. The first-order valence-electron chi connectivity index (χ1n) is 6.79. The number of rotatable bonds is 3. The first-order chi connectivity index (χ1) is 10.4. The van der Waals surface area contributed by atoms with E-state index in [2.05, 4.69) is 33.4 Å². The van der Waals surface area contributed by atoms with Crippen LogP contribution in [-0.4, -0.2) is 24.5 Å². The van der Waals surface area contributed by atoms with Gasteiger partial charge in [-0.25, -0.2) is 14.3 Å². The van der Waals surface area contributed by atoms with Crippen molar-refractivity contribution in [3.05, 3.63) is 72.8 Å². The number of nitrogens with zero attached hydrogens (tertiary/aromatic N) is 5. The van der Waals surface area contributed by atoms with Crippen LogP contribution >= 0.6 is 0 Å². The first kappa shape index (κ1) is 11.8. The third-order valence-electron chi connectivity index (χ3n) is 3.38. The first-order valence-corrected chi connectivity index (χ1v) is 6.79. The quantitative estimate of drug-likeness (QED) is 0.738. The summed E-state index contributed by atoms with van der Waals surface area (Å²) in [7, 11) is 0. The maximum absolute atomic E-state index is 4.60. The zero-order valence-corrected chi connectivity index (χ0v) is 11.3. The van der Waals surface area contributed by atoms with Crippen LogP contribution in [0.5, 0.6) is 0 Å². The number of pyridine rings is 1. The second-order valence-electron chi connectivity index (χ2n) is 4.77. The van der Waals surface area contributed by atoms with Crippen LogP contribution < -0.4 is 0 Å². The summed E-state index contributed by atoms with van der Waals surface area (Å²) in [6.07, 6.45) is 12.8. The summed E-state index contributed by atoms with van der Waals surface area (Å²) in [6.45, 7) is 0. The van der Waals surface area contributed by atoms with Crippen LogP contribution in [0.2, 0.25) is 0 Å². The Hall–Kier alpha value is -2.95. The van der Waals surface area contributed by atoms with E-state index in [4.69, 9.17) is 0 Å². The predicted molar refractivity (Wildman–Crippen MR) is 80.2 cm³/mol. The van der Waals surface area contributed by atoms with Crippen molar-refractivity contribution in [3.8, 4) is 11.6 Å². The average molecular weight is 275 g/mol. The van der Waals surface area contributed by atoms with Crippen LogP contribution in [-0.2, 0) is 0 Å². The van der Waals surface area contributed by atoms with Gasteiger partial charge in [0.1, 0.15) is 0 Å². The van der Waals surface area contributed by atoms with Crippen molar-refractivity contribution >= 4 is 5.57 Å². The smallest absolute Gasteiger partial charge is 0.155 e. The minimum Gasteiger partial charge on any atom is -0.223 e. The van der Waals surface area contributed by atoms with Crippen molar-refractivity contribution in [1.29, 1.82) is 0 Å². The lowest BCUT2D eigenvalue weighted by Gasteiger charge is -2.04. The highest BCUT2D eigenvalue weighted by atomic mass is 15.3. The van der Waals surface area contributed by atoms with E-state index in [1.54, 1.807) is 15.6 Å². The minimum absolute atomic E-state index is 0.774. The Balaban J connectivity index is 1.69. The number of hydrogen-bond donors (Lipinski definition) is 0. The second kappa shape index (κ2) is 4.86. The van der Waals surface area contributed by atoms with E-state index >= 15 is 0 Å². The summed E-state index contributed by atoms with van der Waals surface area (Å²) in [4.78, 5) is 4.59. The molecule has 1 aliphatic rings. The summed E-state index contributed by atoms with van der Waals surface area (Å²) >= 11 is 0. The molecule has 0 unspecified atom stereocenters. The van der Waals surface area contributed by atoms with Gasteiger partial charge in [-0.2, -0.15) is 10.2 Å². The van der Waals surface area contributed by atoms with E-state index < -0.39 is 0 Å². The molecule has 5 nitrogen and oxygen atoms in total. The Morgan fingerprint density at radius 1 is 0.952 bits per heavy atom. The Kier molecular flexibility index (Phi) is 2.74. The highest BCUT2D eigenvalue weighted by Crippen LogP contribution is 2.22. The maximum Gasteiger partial charge on any atom is 0.155 e. The summed E-state index contributed by atoms with van der Waals surface area (Å²) in [6, 6.07) is 9.70. The van der Waals surface area contributed by atoms with Gasteiger partial charge in [0.25, 0.3) is 0 Å². The van der Waals surface area contributed by atoms with E-state index in [-0.39, 0.29) is 0 Å². The van der Waals surface area contributed by atoms with Crippen molar-refractivity contribution in [2.45, 2.75) is 6.42 Å². The summed E-state index contributed by atoms with van der Waals surface area (Å²) < 4.78 is 3.53. The van der Waals surface area contributed by atoms with Gasteiger partial charge >= 0.3 is 0 Å². The van der Waals surface area contributed by atoms with Gasteiger partial charge in [0, 0.05) is 18.6 Å². The third-order valence-corrected chi connectivity index (χ3v) is 3.38. The molecule has 102 valence electrons. The fraction of sp³-hybridized carbons (Fsp3) is 0.0625. The molecule has 3 aromatic heterocycles. The molecule has 0 radical (unpaired) electrons. The number of hydrogen-bond acceptors (Lipinski definition) is 3. The van der Waals surface area contributed by atoms with Gasteiger partial charge in [0.2, 0.25) is 0 Å². The predicted octanol–water partition coefficient (Wildman–Crippen LogP) is 2.80. The lowest BCUT2D eigenvalue weighted by Crippen LogP contribution is -2.03. The molecule has 3 heterocycles. The molecular formula is C16H13N5. The van der Waals surface area contributed by atoms with Crippen LogP contribution in [0.15, 0.2) is 67.2 Å². The Labute approximate surface area is 121 Å². The fourth-order valence-electron chi connectivity index (χ4n) is 2.33. The molecule has 4 rings (SSSR count). The van der Waals surface area contributed by atoms with Crippen LogP contribution in [0.4, 0.5) is 0 Å². The Bertz CT molecular complexity index is 824. The Morgan fingerprint density at radius 2 is 1.86 bits per heavy atom. The van der Waals surface area contributed by atoms with Crippen LogP contribution in [0.1, 0.15) is 12.1 Å². The highest BCUT2D eigenvalue weighted by Gasteiger charge is 2.09. The van der Waals surface area contributed by atoms with Crippen molar-refractivity contribution in [3.63, 3.8) is 0 Å². The SMILES string of the molecule is C1=CCC(c2ccn(-c3cccc(-n4cccn4)n3)n2)=C1. The standard InChI is InChI=1S/C16H13N5/c1-2-6-13(5-1)14-9-12-21(19-14)16-8-3-7-15(18-16)20-11-4-10-17-20/h1-5,7-12H,6H2. The van der Waals surface area contributed by atoms with Crippen LogP contribution in [0.3, 0.4) is 0 Å². The van der Waals surface area contributed by atoms with Gasteiger partial charge in [-0.1, -0.05) is 24.3 Å². The van der Waals surface area contributed by atoms with E-state index in [0.29, 0.717) is 0 Å². The van der Waals surface area contributed by atoms with E-state index in [9.17, 15) is 0 Å². The molecule has 0 spiro atoms. The van der Waals surface area contributed by atoms with E-state index in [0.717, 1.165) is 23.8 Å². The zero-order chi connectivity index (χ0) is 14.1. The fourth-order valence-corrected chi connectivity index (χ4v) is 2.33. The largest absolute Gasteiger partial charge is 0.223 e. The highest BCUT2D eigenvalue weighted by molar-refractivity contribution is 5.68. The lowest BCUT2D eigenvalue weighted by atomic mass is 10.2. The van der Waals surface area contributed by atoms with E-state index in [1.807, 2.05) is 42.7 Å². The molecule has 1 aliphatic carbocycles. The van der Waals surface area contributed by atoms with Gasteiger partial charge in [-0.3, -0.25) is 0 Å². The molecule has 0 N–H and O–H groups in total. The minimum atomic E-state index is 0.774. The zero-order valence-electron chi connectivity index (χ0n) is 11.3. The summed E-state index contributed by atoms with van der Waals surface area (Å²) in [5, 5.41) is 8.80. The van der Waals surface area contributed by atoms with E-state index in [1.165, 1.54) is 5.57 Å². The van der Waals surface area contributed by atoms with Gasteiger partial charge in [0.05, 0.1) is 5.69 Å². The molecular weight excluding hydrogens is 262 g/mol. The van der Waals surface area contributed by atoms with Gasteiger partial charge < -0.3 is 0 Å². The summed E-state index contributed by atoms with van der Waals surface area (Å²) in [5.41, 5.74) is 2.23. The topological polar surface area (TPSA) is 48.5 Å². The maximum atomic E-state index is 4.60. The van der Waals surface area contributed by atoms with Crippen molar-refractivity contribution in [1.82, 2.24) is 24.5 Å². The number of aromatic nitrogens is 5. The van der Waals surface area contributed by atoms with Gasteiger partial charge in [0.15, 0.2) is 11.6 Å². The Morgan fingerprint density at radius 3 is 2.62 bits per heavy atom. The molecule has 0 bridgehead atoms. The summed E-state index contributed by atoms with van der Waals surface area (Å²) in [5.74, 6) is 1.55. The molecule has 3 aromatic rings. The van der Waals surface area contributed by atoms with Gasteiger partial charge in [-0.05, 0) is 36.3 Å². The normalized spacial score (nSPS) is 13.6. The molecule has 21 heavy (non-hydrogen) atoms. The molecule has 5 heteroatoms. The van der Waals surface area contributed by atoms with Crippen molar-refractivity contribution < 1.29 is 0 Å². The van der Waals surface area contributed by atoms with Gasteiger partial charge in [-0.15, -0.1) is 0 Å². The molecule has 0 aliphatic heterocycles. The average Bonchev–Trinajstić information content (AvgIpc) is 3.26.